The summed E-state index contributed by atoms with van der Waals surface area (Å²) < 4.78 is 0. The summed E-state index contributed by atoms with van der Waals surface area (Å²) in [6.45, 7) is 0.524. The topological polar surface area (TPSA) is 72.2 Å². The van der Waals surface area contributed by atoms with Crippen molar-refractivity contribution in [3.05, 3.63) is 34.9 Å². The zero-order chi connectivity index (χ0) is 15.5. The molecule has 1 saturated carbocycles. The van der Waals surface area contributed by atoms with E-state index in [9.17, 15) is 9.59 Å². The molecule has 0 heterocycles. The van der Waals surface area contributed by atoms with Gasteiger partial charge in [0.05, 0.1) is 0 Å². The standard InChI is InChI=1S/C18H24N2O2.ClH/c19-16(13-5-6-13)11-20-18(22)9-8-17(21)15-7-4-12-2-1-3-14(12)10-15;/h4,7,10,13,16H,1-3,5-6,8-9,11,19H2,(H,20,22);1H. The third kappa shape index (κ3) is 4.79. The van der Waals surface area contributed by atoms with Crippen LogP contribution in [0.4, 0.5) is 0 Å². The van der Waals surface area contributed by atoms with Crippen molar-refractivity contribution < 1.29 is 9.59 Å². The van der Waals surface area contributed by atoms with E-state index in [0.29, 0.717) is 12.5 Å². The van der Waals surface area contributed by atoms with Gasteiger partial charge >= 0.3 is 0 Å². The van der Waals surface area contributed by atoms with Crippen molar-refractivity contribution >= 4 is 24.1 Å². The first kappa shape index (κ1) is 18.0. The van der Waals surface area contributed by atoms with Crippen LogP contribution in [0.2, 0.25) is 0 Å². The second-order valence-electron chi connectivity index (χ2n) is 6.57. The number of nitrogens with one attached hydrogen (secondary N) is 1. The van der Waals surface area contributed by atoms with Crippen LogP contribution in [0.3, 0.4) is 0 Å². The highest BCUT2D eigenvalue weighted by Gasteiger charge is 2.28. The number of carbonyl (C=O) groups excluding carboxylic acids is 2. The maximum Gasteiger partial charge on any atom is 0.220 e. The lowest BCUT2D eigenvalue weighted by Gasteiger charge is -2.11. The number of halogens is 1. The predicted molar refractivity (Wildman–Crippen MR) is 93.0 cm³/mol. The monoisotopic (exact) mass is 336 g/mol. The number of benzene rings is 1. The Hall–Kier alpha value is -1.39. The minimum absolute atomic E-state index is 0. The number of aryl methyl sites for hydroxylation is 2. The molecule has 1 atom stereocenters. The van der Waals surface area contributed by atoms with Gasteiger partial charge in [0.15, 0.2) is 5.78 Å². The molecule has 1 fully saturated rings. The average molecular weight is 337 g/mol. The number of fused-ring (bicyclic) bond motifs is 1. The van der Waals surface area contributed by atoms with Crippen LogP contribution in [-0.2, 0) is 17.6 Å². The summed E-state index contributed by atoms with van der Waals surface area (Å²) in [5.74, 6) is 0.551. The number of hydrogen-bond acceptors (Lipinski definition) is 3. The molecule has 0 saturated heterocycles. The summed E-state index contributed by atoms with van der Waals surface area (Å²) in [4.78, 5) is 24.0. The van der Waals surface area contributed by atoms with Crippen molar-refractivity contribution in [2.75, 3.05) is 6.54 Å². The molecule has 1 aromatic rings. The molecule has 23 heavy (non-hydrogen) atoms. The van der Waals surface area contributed by atoms with E-state index in [0.717, 1.165) is 18.4 Å². The van der Waals surface area contributed by atoms with Crippen molar-refractivity contribution in [3.8, 4) is 0 Å². The Labute approximate surface area is 143 Å². The number of Topliss-reactive ketones (excluding diaryl/α,β-unsaturated/α-hetero) is 1. The van der Waals surface area contributed by atoms with E-state index in [2.05, 4.69) is 11.4 Å². The van der Waals surface area contributed by atoms with E-state index in [1.165, 1.54) is 30.4 Å². The molecule has 2 aliphatic carbocycles. The maximum absolute atomic E-state index is 12.2. The van der Waals surface area contributed by atoms with Gasteiger partial charge in [-0.05, 0) is 55.2 Å². The van der Waals surface area contributed by atoms with Crippen molar-refractivity contribution in [3.63, 3.8) is 0 Å². The maximum atomic E-state index is 12.2. The van der Waals surface area contributed by atoms with E-state index in [1.54, 1.807) is 0 Å². The van der Waals surface area contributed by atoms with Gasteiger partial charge in [0, 0.05) is 31.0 Å². The van der Waals surface area contributed by atoms with Crippen LogP contribution in [0.1, 0.15) is 53.6 Å². The zero-order valence-corrected chi connectivity index (χ0v) is 14.2. The van der Waals surface area contributed by atoms with Gasteiger partial charge in [-0.2, -0.15) is 0 Å². The smallest absolute Gasteiger partial charge is 0.220 e. The average Bonchev–Trinajstić information content (AvgIpc) is 3.27. The number of ketones is 1. The normalized spacial score (nSPS) is 17.1. The Morgan fingerprint density at radius 2 is 1.91 bits per heavy atom. The molecular weight excluding hydrogens is 312 g/mol. The van der Waals surface area contributed by atoms with Gasteiger partial charge in [-0.25, -0.2) is 0 Å². The summed E-state index contributed by atoms with van der Waals surface area (Å²) >= 11 is 0. The van der Waals surface area contributed by atoms with Crippen LogP contribution in [0, 0.1) is 5.92 Å². The fourth-order valence-electron chi connectivity index (χ4n) is 3.13. The third-order valence-electron chi connectivity index (χ3n) is 4.76. The first-order valence-electron chi connectivity index (χ1n) is 8.31. The number of nitrogens with two attached hydrogens (primary N) is 1. The van der Waals surface area contributed by atoms with Gasteiger partial charge in [-0.15, -0.1) is 12.4 Å². The number of amides is 1. The van der Waals surface area contributed by atoms with Gasteiger partial charge in [-0.1, -0.05) is 12.1 Å². The van der Waals surface area contributed by atoms with E-state index >= 15 is 0 Å². The lowest BCUT2D eigenvalue weighted by molar-refractivity contribution is -0.121. The molecule has 4 nitrogen and oxygen atoms in total. The fourth-order valence-corrected chi connectivity index (χ4v) is 3.13. The zero-order valence-electron chi connectivity index (χ0n) is 13.3. The highest BCUT2D eigenvalue weighted by molar-refractivity contribution is 5.98. The predicted octanol–water partition coefficient (Wildman–Crippen LogP) is 2.41. The van der Waals surface area contributed by atoms with Gasteiger partial charge in [0.1, 0.15) is 0 Å². The Balaban J connectivity index is 0.00000192. The summed E-state index contributed by atoms with van der Waals surface area (Å²) in [6.07, 6.45) is 6.22. The Kier molecular flexibility index (Phi) is 6.19. The van der Waals surface area contributed by atoms with Crippen LogP contribution in [-0.4, -0.2) is 24.3 Å². The van der Waals surface area contributed by atoms with Crippen molar-refractivity contribution in [1.29, 1.82) is 0 Å². The van der Waals surface area contributed by atoms with Gasteiger partial charge in [0.2, 0.25) is 5.91 Å². The SMILES string of the molecule is Cl.NC(CNC(=O)CCC(=O)c1ccc2c(c1)CCC2)C1CC1. The minimum atomic E-state index is -0.0781. The molecule has 2 aliphatic rings. The second-order valence-corrected chi connectivity index (χ2v) is 6.57. The van der Waals surface area contributed by atoms with Crippen LogP contribution in [0.5, 0.6) is 0 Å². The van der Waals surface area contributed by atoms with Crippen molar-refractivity contribution in [2.45, 2.75) is 51.0 Å². The number of rotatable bonds is 7. The quantitative estimate of drug-likeness (QED) is 0.751. The molecule has 0 radical (unpaired) electrons. The van der Waals surface area contributed by atoms with Gasteiger partial charge in [-0.3, -0.25) is 9.59 Å². The molecule has 5 heteroatoms. The molecule has 126 valence electrons. The van der Waals surface area contributed by atoms with Crippen LogP contribution in [0.15, 0.2) is 18.2 Å². The molecule has 1 amide bonds. The molecular formula is C18H25ClN2O2. The summed E-state index contributed by atoms with van der Waals surface area (Å²) in [6, 6.07) is 6.03. The lowest BCUT2D eigenvalue weighted by atomic mass is 10.0. The summed E-state index contributed by atoms with van der Waals surface area (Å²) in [5, 5.41) is 2.84. The molecule has 0 bridgehead atoms. The first-order chi connectivity index (χ1) is 10.6. The largest absolute Gasteiger partial charge is 0.355 e. The van der Waals surface area contributed by atoms with Gasteiger partial charge in [0.25, 0.3) is 0 Å². The lowest BCUT2D eigenvalue weighted by Crippen LogP contribution is -2.38. The number of hydrogen-bond donors (Lipinski definition) is 2. The Morgan fingerprint density at radius 3 is 2.65 bits per heavy atom. The molecule has 1 aromatic carbocycles. The molecule has 0 spiro atoms. The molecule has 1 unspecified atom stereocenters. The second kappa shape index (κ2) is 7.93. The summed E-state index contributed by atoms with van der Waals surface area (Å²) in [7, 11) is 0. The number of carbonyl (C=O) groups is 2. The first-order valence-corrected chi connectivity index (χ1v) is 8.31. The van der Waals surface area contributed by atoms with E-state index in [-0.39, 0.29) is 43.0 Å². The van der Waals surface area contributed by atoms with Crippen LogP contribution < -0.4 is 11.1 Å². The third-order valence-corrected chi connectivity index (χ3v) is 4.76. The van der Waals surface area contributed by atoms with Crippen LogP contribution >= 0.6 is 12.4 Å². The van der Waals surface area contributed by atoms with E-state index < -0.39 is 0 Å². The Morgan fingerprint density at radius 1 is 1.17 bits per heavy atom. The van der Waals surface area contributed by atoms with Crippen LogP contribution in [0.25, 0.3) is 0 Å². The Bertz CT molecular complexity index is 584. The minimum Gasteiger partial charge on any atom is -0.355 e. The van der Waals surface area contributed by atoms with E-state index in [4.69, 9.17) is 5.73 Å². The van der Waals surface area contributed by atoms with Crippen molar-refractivity contribution in [2.24, 2.45) is 11.7 Å². The molecule has 3 N–H and O–H groups in total. The van der Waals surface area contributed by atoms with E-state index in [1.807, 2.05) is 12.1 Å². The molecule has 0 aromatic heterocycles. The molecule has 3 rings (SSSR count). The highest BCUT2D eigenvalue weighted by Crippen LogP contribution is 2.31. The highest BCUT2D eigenvalue weighted by atomic mass is 35.5. The fraction of sp³-hybridized carbons (Fsp3) is 0.556. The van der Waals surface area contributed by atoms with Crippen molar-refractivity contribution in [1.82, 2.24) is 5.32 Å². The molecule has 0 aliphatic heterocycles. The van der Waals surface area contributed by atoms with Gasteiger partial charge < -0.3 is 11.1 Å². The summed E-state index contributed by atoms with van der Waals surface area (Å²) in [5.41, 5.74) is 9.34.